The summed E-state index contributed by atoms with van der Waals surface area (Å²) in [6.07, 6.45) is -0.511. The third-order valence-electron chi connectivity index (χ3n) is 2.92. The van der Waals surface area contributed by atoms with Gasteiger partial charge in [-0.2, -0.15) is 11.3 Å². The lowest BCUT2D eigenvalue weighted by molar-refractivity contribution is 0.171. The second-order valence-electron chi connectivity index (χ2n) is 4.25. The van der Waals surface area contributed by atoms with E-state index < -0.39 is 6.10 Å². The molecule has 1 heterocycles. The lowest BCUT2D eigenvalue weighted by Gasteiger charge is -2.16. The molecule has 0 aliphatic rings. The molecule has 18 heavy (non-hydrogen) atoms. The Hall–Kier alpha value is -0.870. The fourth-order valence-corrected chi connectivity index (χ4v) is 2.61. The van der Waals surface area contributed by atoms with Gasteiger partial charge in [0.25, 0.3) is 0 Å². The van der Waals surface area contributed by atoms with Gasteiger partial charge in [0, 0.05) is 17.6 Å². The number of benzene rings is 1. The summed E-state index contributed by atoms with van der Waals surface area (Å²) in [7, 11) is 0. The van der Waals surface area contributed by atoms with E-state index in [1.807, 2.05) is 12.1 Å². The molecule has 0 amide bonds. The van der Waals surface area contributed by atoms with Crippen molar-refractivity contribution in [3.63, 3.8) is 0 Å². The van der Waals surface area contributed by atoms with Crippen molar-refractivity contribution in [3.8, 4) is 0 Å². The van der Waals surface area contributed by atoms with E-state index in [1.165, 1.54) is 5.56 Å². The molecule has 1 aromatic carbocycles. The monoisotopic (exact) mass is 281 g/mol. The summed E-state index contributed by atoms with van der Waals surface area (Å²) >= 11 is 7.50. The van der Waals surface area contributed by atoms with Crippen LogP contribution in [0.5, 0.6) is 0 Å². The molecule has 0 aliphatic heterocycles. The van der Waals surface area contributed by atoms with Crippen molar-refractivity contribution in [1.29, 1.82) is 0 Å². The Morgan fingerprint density at radius 1 is 1.22 bits per heavy atom. The van der Waals surface area contributed by atoms with E-state index in [4.69, 9.17) is 11.6 Å². The Bertz CT molecular complexity index is 469. The van der Waals surface area contributed by atoms with Crippen molar-refractivity contribution < 1.29 is 5.11 Å². The molecular formula is C14H16ClNOS. The Morgan fingerprint density at radius 3 is 2.56 bits per heavy atom. The average molecular weight is 282 g/mol. The van der Waals surface area contributed by atoms with E-state index in [1.54, 1.807) is 23.5 Å². The third kappa shape index (κ3) is 3.56. The Morgan fingerprint density at radius 2 is 1.94 bits per heavy atom. The zero-order valence-electron chi connectivity index (χ0n) is 10.1. The van der Waals surface area contributed by atoms with Crippen LogP contribution in [0.3, 0.4) is 0 Å². The fraction of sp³-hybridized carbons (Fsp3) is 0.286. The minimum absolute atomic E-state index is 0.248. The van der Waals surface area contributed by atoms with Gasteiger partial charge >= 0.3 is 0 Å². The molecular weight excluding hydrogens is 266 g/mol. The standard InChI is InChI=1S/C14H16ClNOS/c1-10(12-6-7-18-9-12)16-8-14(17)11-2-4-13(15)5-3-11/h2-7,9-10,14,16-17H,8H2,1H3. The fourth-order valence-electron chi connectivity index (χ4n) is 1.73. The molecule has 2 rings (SSSR count). The van der Waals surface area contributed by atoms with Gasteiger partial charge in [0.05, 0.1) is 6.10 Å². The number of halogens is 1. The number of nitrogens with one attached hydrogen (secondary N) is 1. The zero-order valence-corrected chi connectivity index (χ0v) is 11.7. The summed E-state index contributed by atoms with van der Waals surface area (Å²) in [6, 6.07) is 9.63. The Kier molecular flexibility index (Phi) is 4.78. The summed E-state index contributed by atoms with van der Waals surface area (Å²) in [4.78, 5) is 0. The number of thiophene rings is 1. The molecule has 2 aromatic rings. The van der Waals surface area contributed by atoms with E-state index >= 15 is 0 Å². The van der Waals surface area contributed by atoms with Gasteiger partial charge in [0.15, 0.2) is 0 Å². The largest absolute Gasteiger partial charge is 0.387 e. The zero-order chi connectivity index (χ0) is 13.0. The predicted octanol–water partition coefficient (Wildman–Crippen LogP) is 3.79. The summed E-state index contributed by atoms with van der Waals surface area (Å²) in [5, 5.41) is 18.2. The van der Waals surface area contributed by atoms with Crippen molar-refractivity contribution in [3.05, 3.63) is 57.2 Å². The summed E-state index contributed by atoms with van der Waals surface area (Å²) in [6.45, 7) is 2.62. The second-order valence-corrected chi connectivity index (χ2v) is 5.47. The molecule has 2 N–H and O–H groups in total. The normalized spacial score (nSPS) is 14.4. The van der Waals surface area contributed by atoms with Crippen molar-refractivity contribution in [2.75, 3.05) is 6.54 Å². The van der Waals surface area contributed by atoms with Crippen LogP contribution in [0.1, 0.15) is 30.2 Å². The quantitative estimate of drug-likeness (QED) is 0.874. The van der Waals surface area contributed by atoms with Crippen molar-refractivity contribution >= 4 is 22.9 Å². The van der Waals surface area contributed by atoms with E-state index in [2.05, 4.69) is 29.1 Å². The maximum atomic E-state index is 10.1. The topological polar surface area (TPSA) is 32.3 Å². The molecule has 4 heteroatoms. The summed E-state index contributed by atoms with van der Waals surface area (Å²) < 4.78 is 0. The van der Waals surface area contributed by atoms with Gasteiger partial charge in [0.1, 0.15) is 0 Å². The molecule has 0 saturated carbocycles. The first-order chi connectivity index (χ1) is 8.66. The molecule has 0 spiro atoms. The molecule has 2 nitrogen and oxygen atoms in total. The van der Waals surface area contributed by atoms with Crippen LogP contribution in [0.25, 0.3) is 0 Å². The van der Waals surface area contributed by atoms with Crippen molar-refractivity contribution in [2.45, 2.75) is 19.1 Å². The van der Waals surface area contributed by atoms with Crippen LogP contribution >= 0.6 is 22.9 Å². The molecule has 0 saturated heterocycles. The minimum Gasteiger partial charge on any atom is -0.387 e. The highest BCUT2D eigenvalue weighted by molar-refractivity contribution is 7.07. The molecule has 0 bridgehead atoms. The third-order valence-corrected chi connectivity index (χ3v) is 3.87. The van der Waals surface area contributed by atoms with Crippen LogP contribution in [-0.4, -0.2) is 11.7 Å². The predicted molar refractivity (Wildman–Crippen MR) is 77.1 cm³/mol. The number of hydrogen-bond acceptors (Lipinski definition) is 3. The van der Waals surface area contributed by atoms with E-state index in [9.17, 15) is 5.11 Å². The summed E-state index contributed by atoms with van der Waals surface area (Å²) in [5.41, 5.74) is 2.13. The molecule has 96 valence electrons. The molecule has 0 fully saturated rings. The molecule has 0 radical (unpaired) electrons. The van der Waals surface area contributed by atoms with E-state index in [0.717, 1.165) is 5.56 Å². The molecule has 0 aliphatic carbocycles. The van der Waals surface area contributed by atoms with Crippen molar-refractivity contribution in [2.24, 2.45) is 0 Å². The number of rotatable bonds is 5. The van der Waals surface area contributed by atoms with Gasteiger partial charge in [0.2, 0.25) is 0 Å². The van der Waals surface area contributed by atoms with Gasteiger partial charge in [-0.25, -0.2) is 0 Å². The highest BCUT2D eigenvalue weighted by Crippen LogP contribution is 2.19. The Labute approximate surface area is 116 Å². The smallest absolute Gasteiger partial charge is 0.0914 e. The van der Waals surface area contributed by atoms with Crippen LogP contribution in [0.2, 0.25) is 5.02 Å². The van der Waals surface area contributed by atoms with Crippen LogP contribution in [0, 0.1) is 0 Å². The first-order valence-electron chi connectivity index (χ1n) is 5.86. The lowest BCUT2D eigenvalue weighted by atomic mass is 10.1. The van der Waals surface area contributed by atoms with Crippen LogP contribution in [-0.2, 0) is 0 Å². The average Bonchev–Trinajstić information content (AvgIpc) is 2.90. The highest BCUT2D eigenvalue weighted by atomic mass is 35.5. The van der Waals surface area contributed by atoms with E-state index in [0.29, 0.717) is 11.6 Å². The minimum atomic E-state index is -0.511. The van der Waals surface area contributed by atoms with Gasteiger partial charge in [-0.05, 0) is 47.0 Å². The van der Waals surface area contributed by atoms with Crippen molar-refractivity contribution in [1.82, 2.24) is 5.32 Å². The van der Waals surface area contributed by atoms with Crippen LogP contribution in [0.4, 0.5) is 0 Å². The molecule has 2 atom stereocenters. The first kappa shape index (κ1) is 13.6. The lowest BCUT2D eigenvalue weighted by Crippen LogP contribution is -2.24. The van der Waals surface area contributed by atoms with E-state index in [-0.39, 0.29) is 6.04 Å². The summed E-state index contributed by atoms with van der Waals surface area (Å²) in [5.74, 6) is 0. The van der Waals surface area contributed by atoms with Crippen LogP contribution < -0.4 is 5.32 Å². The van der Waals surface area contributed by atoms with Gasteiger partial charge in [-0.3, -0.25) is 0 Å². The van der Waals surface area contributed by atoms with Gasteiger partial charge in [-0.15, -0.1) is 0 Å². The van der Waals surface area contributed by atoms with Crippen LogP contribution in [0.15, 0.2) is 41.1 Å². The first-order valence-corrected chi connectivity index (χ1v) is 7.18. The Balaban J connectivity index is 1.88. The molecule has 1 aromatic heterocycles. The maximum Gasteiger partial charge on any atom is 0.0914 e. The second kappa shape index (κ2) is 6.34. The highest BCUT2D eigenvalue weighted by Gasteiger charge is 2.10. The number of aliphatic hydroxyl groups is 1. The SMILES string of the molecule is CC(NCC(O)c1ccc(Cl)cc1)c1ccsc1. The number of aliphatic hydroxyl groups excluding tert-OH is 1. The number of hydrogen-bond donors (Lipinski definition) is 2. The molecule has 2 unspecified atom stereocenters. The van der Waals surface area contributed by atoms with Gasteiger partial charge < -0.3 is 10.4 Å². The van der Waals surface area contributed by atoms with Gasteiger partial charge in [-0.1, -0.05) is 23.7 Å². The maximum absolute atomic E-state index is 10.1.